The van der Waals surface area contributed by atoms with Gasteiger partial charge in [0.25, 0.3) is 0 Å². The van der Waals surface area contributed by atoms with Gasteiger partial charge < -0.3 is 15.1 Å². The first-order chi connectivity index (χ1) is 13.2. The number of hydrogen-bond donors (Lipinski definition) is 1. The Labute approximate surface area is 163 Å². The van der Waals surface area contributed by atoms with Gasteiger partial charge in [-0.15, -0.1) is 0 Å². The van der Waals surface area contributed by atoms with E-state index in [1.54, 1.807) is 0 Å². The van der Waals surface area contributed by atoms with E-state index in [2.05, 4.69) is 41.4 Å². The number of benzene rings is 1. The summed E-state index contributed by atoms with van der Waals surface area (Å²) in [5.41, 5.74) is 1.24. The summed E-state index contributed by atoms with van der Waals surface area (Å²) in [6, 6.07) is 10.4. The fourth-order valence-electron chi connectivity index (χ4n) is 4.22. The molecule has 1 aliphatic carbocycles. The van der Waals surface area contributed by atoms with E-state index in [0.717, 1.165) is 71.2 Å². The Balaban J connectivity index is 1.41. The molecule has 1 aliphatic heterocycles. The minimum atomic E-state index is 0.0980. The summed E-state index contributed by atoms with van der Waals surface area (Å²) in [6.07, 6.45) is 5.53. The Morgan fingerprint density at radius 3 is 2.22 bits per heavy atom. The van der Waals surface area contributed by atoms with Crippen molar-refractivity contribution < 1.29 is 9.59 Å². The quantitative estimate of drug-likeness (QED) is 0.782. The van der Waals surface area contributed by atoms with Gasteiger partial charge in [0, 0.05) is 50.2 Å². The number of nitrogens with zero attached hydrogens (tertiary/aromatic N) is 2. The van der Waals surface area contributed by atoms with Crippen molar-refractivity contribution in [1.29, 1.82) is 0 Å². The van der Waals surface area contributed by atoms with Crippen molar-refractivity contribution in [2.24, 2.45) is 11.8 Å². The predicted molar refractivity (Wildman–Crippen MR) is 109 cm³/mol. The van der Waals surface area contributed by atoms with Crippen LogP contribution in [0.4, 0.5) is 5.69 Å². The molecule has 0 atom stereocenters. The van der Waals surface area contributed by atoms with Crippen LogP contribution in [0.1, 0.15) is 45.4 Å². The molecule has 1 saturated heterocycles. The highest BCUT2D eigenvalue weighted by molar-refractivity contribution is 5.81. The smallest absolute Gasteiger partial charge is 0.225 e. The highest BCUT2D eigenvalue weighted by atomic mass is 16.2. The molecule has 3 rings (SSSR count). The lowest BCUT2D eigenvalue weighted by Gasteiger charge is -2.38. The van der Waals surface area contributed by atoms with Gasteiger partial charge in [-0.2, -0.15) is 0 Å². The van der Waals surface area contributed by atoms with Crippen LogP contribution in [0.5, 0.6) is 0 Å². The average molecular weight is 372 g/mol. The Bertz CT molecular complexity index is 603. The molecule has 148 valence electrons. The van der Waals surface area contributed by atoms with E-state index < -0.39 is 0 Å². The van der Waals surface area contributed by atoms with Crippen LogP contribution < -0.4 is 10.2 Å². The molecule has 1 N–H and O–H groups in total. The second-order valence-electron chi connectivity index (χ2n) is 7.84. The van der Waals surface area contributed by atoms with Gasteiger partial charge in [0.1, 0.15) is 0 Å². The van der Waals surface area contributed by atoms with Crippen LogP contribution in [-0.2, 0) is 9.59 Å². The molecule has 1 heterocycles. The van der Waals surface area contributed by atoms with Crippen LogP contribution in [0.15, 0.2) is 30.3 Å². The zero-order chi connectivity index (χ0) is 19.1. The normalized spacial score (nSPS) is 23.1. The Hall–Kier alpha value is -2.04. The number of carbonyl (C=O) groups excluding carboxylic acids is 2. The van der Waals surface area contributed by atoms with Crippen LogP contribution in [0.2, 0.25) is 0 Å². The number of nitrogens with one attached hydrogen (secondary N) is 1. The number of para-hydroxylation sites is 1. The van der Waals surface area contributed by atoms with E-state index in [0.29, 0.717) is 5.91 Å². The van der Waals surface area contributed by atoms with E-state index in [9.17, 15) is 9.59 Å². The molecule has 0 aromatic heterocycles. The molecule has 5 heteroatoms. The van der Waals surface area contributed by atoms with Gasteiger partial charge in [-0.05, 0) is 44.2 Å². The molecule has 2 aliphatic rings. The maximum atomic E-state index is 12.9. The third-order valence-corrected chi connectivity index (χ3v) is 5.99. The van der Waals surface area contributed by atoms with Gasteiger partial charge in [0.15, 0.2) is 0 Å². The minimum Gasteiger partial charge on any atom is -0.368 e. The minimum absolute atomic E-state index is 0.0980. The number of piperazine rings is 1. The monoisotopic (exact) mass is 371 g/mol. The summed E-state index contributed by atoms with van der Waals surface area (Å²) >= 11 is 0. The van der Waals surface area contributed by atoms with Gasteiger partial charge >= 0.3 is 0 Å². The lowest BCUT2D eigenvalue weighted by atomic mass is 9.81. The SMILES string of the molecule is CCCCNC(=O)C1CCC(C(=O)N2CCN(c3ccccc3)CC2)CC1. The molecular weight excluding hydrogens is 338 g/mol. The molecule has 2 fully saturated rings. The fraction of sp³-hybridized carbons (Fsp3) is 0.636. The van der Waals surface area contributed by atoms with Crippen molar-refractivity contribution in [2.45, 2.75) is 45.4 Å². The molecule has 5 nitrogen and oxygen atoms in total. The largest absolute Gasteiger partial charge is 0.368 e. The first-order valence-corrected chi connectivity index (χ1v) is 10.6. The van der Waals surface area contributed by atoms with Gasteiger partial charge in [-0.3, -0.25) is 9.59 Å². The van der Waals surface area contributed by atoms with Crippen LogP contribution in [0.25, 0.3) is 0 Å². The number of hydrogen-bond acceptors (Lipinski definition) is 3. The number of amides is 2. The maximum Gasteiger partial charge on any atom is 0.225 e. The molecule has 0 bridgehead atoms. The molecule has 1 saturated carbocycles. The summed E-state index contributed by atoms with van der Waals surface area (Å²) in [7, 11) is 0. The highest BCUT2D eigenvalue weighted by Gasteiger charge is 2.33. The number of unbranched alkanes of at least 4 members (excludes halogenated alkanes) is 1. The Morgan fingerprint density at radius 1 is 0.963 bits per heavy atom. The summed E-state index contributed by atoms with van der Waals surface area (Å²) in [5.74, 6) is 0.687. The van der Waals surface area contributed by atoms with Crippen LogP contribution >= 0.6 is 0 Å². The highest BCUT2D eigenvalue weighted by Crippen LogP contribution is 2.30. The van der Waals surface area contributed by atoms with E-state index in [-0.39, 0.29) is 17.7 Å². The molecular formula is C22H33N3O2. The molecule has 0 unspecified atom stereocenters. The van der Waals surface area contributed by atoms with Crippen molar-refractivity contribution in [3.05, 3.63) is 30.3 Å². The lowest BCUT2D eigenvalue weighted by Crippen LogP contribution is -2.51. The molecule has 27 heavy (non-hydrogen) atoms. The standard InChI is InChI=1S/C22H33N3O2/c1-2-3-13-23-21(26)18-9-11-19(12-10-18)22(27)25-16-14-24(15-17-25)20-7-5-4-6-8-20/h4-8,18-19H,2-3,9-17H2,1H3,(H,23,26). The third kappa shape index (κ3) is 5.24. The van der Waals surface area contributed by atoms with E-state index in [1.807, 2.05) is 11.0 Å². The first-order valence-electron chi connectivity index (χ1n) is 10.6. The third-order valence-electron chi connectivity index (χ3n) is 5.99. The number of carbonyl (C=O) groups is 2. The maximum absolute atomic E-state index is 12.9. The fourth-order valence-corrected chi connectivity index (χ4v) is 4.22. The molecule has 2 amide bonds. The zero-order valence-electron chi connectivity index (χ0n) is 16.5. The zero-order valence-corrected chi connectivity index (χ0v) is 16.5. The summed E-state index contributed by atoms with van der Waals surface area (Å²) in [4.78, 5) is 29.5. The number of anilines is 1. The summed E-state index contributed by atoms with van der Waals surface area (Å²) < 4.78 is 0. The van der Waals surface area contributed by atoms with Crippen molar-refractivity contribution in [3.8, 4) is 0 Å². The lowest BCUT2D eigenvalue weighted by molar-refractivity contribution is -0.138. The van der Waals surface area contributed by atoms with Gasteiger partial charge in [0.05, 0.1) is 0 Å². The first kappa shape index (κ1) is 19.7. The van der Waals surface area contributed by atoms with Gasteiger partial charge in [-0.25, -0.2) is 0 Å². The summed E-state index contributed by atoms with van der Waals surface area (Å²) in [5, 5.41) is 3.04. The van der Waals surface area contributed by atoms with Crippen molar-refractivity contribution in [2.75, 3.05) is 37.6 Å². The van der Waals surface area contributed by atoms with Crippen LogP contribution in [0.3, 0.4) is 0 Å². The van der Waals surface area contributed by atoms with Gasteiger partial charge in [0.2, 0.25) is 11.8 Å². The van der Waals surface area contributed by atoms with Gasteiger partial charge in [-0.1, -0.05) is 31.5 Å². The number of rotatable bonds is 6. The molecule has 1 aromatic carbocycles. The second kappa shape index (κ2) is 9.77. The van der Waals surface area contributed by atoms with Crippen molar-refractivity contribution in [3.63, 3.8) is 0 Å². The van der Waals surface area contributed by atoms with Crippen LogP contribution in [-0.4, -0.2) is 49.4 Å². The van der Waals surface area contributed by atoms with Crippen LogP contribution in [0, 0.1) is 11.8 Å². The Kier molecular flexibility index (Phi) is 7.13. The Morgan fingerprint density at radius 2 is 1.59 bits per heavy atom. The topological polar surface area (TPSA) is 52.7 Å². The average Bonchev–Trinajstić information content (AvgIpc) is 2.74. The van der Waals surface area contributed by atoms with E-state index >= 15 is 0 Å². The van der Waals surface area contributed by atoms with Crippen molar-refractivity contribution >= 4 is 17.5 Å². The second-order valence-corrected chi connectivity index (χ2v) is 7.84. The summed E-state index contributed by atoms with van der Waals surface area (Å²) in [6.45, 7) is 6.29. The molecule has 1 aromatic rings. The van der Waals surface area contributed by atoms with E-state index in [4.69, 9.17) is 0 Å². The van der Waals surface area contributed by atoms with E-state index in [1.165, 1.54) is 5.69 Å². The molecule has 0 spiro atoms. The van der Waals surface area contributed by atoms with Crippen molar-refractivity contribution in [1.82, 2.24) is 10.2 Å². The molecule has 0 radical (unpaired) electrons. The predicted octanol–water partition coefficient (Wildman–Crippen LogP) is 3.06.